The monoisotopic (exact) mass is 668 g/mol. The summed E-state index contributed by atoms with van der Waals surface area (Å²) >= 11 is 0. The SMILES string of the molecule is CCN(CC)c1ccc2c(c1)Oc1cc(N(CC)CC)ccc1C21c2ccccc2C(=O)N1CCNC(=O)COc1cccc2ccccc12. The van der Waals surface area contributed by atoms with Crippen LogP contribution in [0.4, 0.5) is 11.4 Å². The standard InChI is InChI=1S/C42H44N4O4/c1-5-44(6-2)30-20-22-35-38(26-30)50-39-27-31(45(7-3)8-4)21-23-36(39)42(35)34-18-12-11-17-33(34)41(48)46(42)25-24-43-40(47)28-49-37-19-13-15-29-14-9-10-16-32(29)37/h9-23,26-27H,5-8,24-25,28H2,1-4H3,(H,43,47). The summed E-state index contributed by atoms with van der Waals surface area (Å²) < 4.78 is 12.8. The lowest BCUT2D eigenvalue weighted by Crippen LogP contribution is -2.50. The van der Waals surface area contributed by atoms with E-state index < -0.39 is 5.54 Å². The van der Waals surface area contributed by atoms with Gasteiger partial charge in [-0.3, -0.25) is 9.59 Å². The van der Waals surface area contributed by atoms with E-state index in [0.717, 1.165) is 76.5 Å². The summed E-state index contributed by atoms with van der Waals surface area (Å²) in [4.78, 5) is 34.1. The smallest absolute Gasteiger partial charge is 0.258 e. The summed E-state index contributed by atoms with van der Waals surface area (Å²) in [6, 6.07) is 34.3. The Morgan fingerprint density at radius 1 is 0.740 bits per heavy atom. The van der Waals surface area contributed by atoms with Gasteiger partial charge in [0, 0.05) is 84.9 Å². The molecule has 0 bridgehead atoms. The maximum Gasteiger partial charge on any atom is 0.258 e. The number of carbonyl (C=O) groups excluding carboxylic acids is 2. The first kappa shape index (κ1) is 33.0. The van der Waals surface area contributed by atoms with E-state index in [0.29, 0.717) is 11.3 Å². The van der Waals surface area contributed by atoms with E-state index in [2.05, 4.69) is 85.3 Å². The number of carbonyl (C=O) groups is 2. The average molecular weight is 669 g/mol. The second kappa shape index (κ2) is 13.8. The molecule has 0 aliphatic carbocycles. The number of amides is 2. The molecule has 0 radical (unpaired) electrons. The van der Waals surface area contributed by atoms with E-state index in [1.807, 2.05) is 65.6 Å². The van der Waals surface area contributed by atoms with Gasteiger partial charge in [-0.15, -0.1) is 0 Å². The van der Waals surface area contributed by atoms with Gasteiger partial charge in [0.05, 0.1) is 0 Å². The van der Waals surface area contributed by atoms with Crippen molar-refractivity contribution in [1.82, 2.24) is 10.2 Å². The van der Waals surface area contributed by atoms with Crippen LogP contribution in [0.25, 0.3) is 10.8 Å². The highest BCUT2D eigenvalue weighted by molar-refractivity contribution is 6.02. The first-order chi connectivity index (χ1) is 24.4. The number of ether oxygens (including phenoxy) is 2. The number of hydrogen-bond donors (Lipinski definition) is 1. The Morgan fingerprint density at radius 3 is 2.00 bits per heavy atom. The predicted octanol–water partition coefficient (Wildman–Crippen LogP) is 7.58. The molecule has 2 aliphatic rings. The zero-order valence-electron chi connectivity index (χ0n) is 29.2. The molecule has 0 aromatic heterocycles. The highest BCUT2D eigenvalue weighted by Gasteiger charge is 2.56. The van der Waals surface area contributed by atoms with Crippen molar-refractivity contribution in [1.29, 1.82) is 0 Å². The van der Waals surface area contributed by atoms with Crippen molar-refractivity contribution >= 4 is 34.0 Å². The molecular weight excluding hydrogens is 624 g/mol. The lowest BCUT2D eigenvalue weighted by atomic mass is 9.74. The normalized spacial score (nSPS) is 13.8. The maximum absolute atomic E-state index is 14.5. The van der Waals surface area contributed by atoms with Gasteiger partial charge < -0.3 is 29.5 Å². The van der Waals surface area contributed by atoms with Crippen molar-refractivity contribution in [2.75, 3.05) is 55.7 Å². The van der Waals surface area contributed by atoms with Gasteiger partial charge in [0.25, 0.3) is 11.8 Å². The van der Waals surface area contributed by atoms with Gasteiger partial charge >= 0.3 is 0 Å². The molecule has 7 rings (SSSR count). The molecule has 1 N–H and O–H groups in total. The fraction of sp³-hybridized carbons (Fsp3) is 0.286. The number of nitrogens with zero attached hydrogens (tertiary/aromatic N) is 3. The number of benzene rings is 5. The largest absolute Gasteiger partial charge is 0.483 e. The predicted molar refractivity (Wildman–Crippen MR) is 200 cm³/mol. The number of anilines is 2. The average Bonchev–Trinajstić information content (AvgIpc) is 3.39. The minimum absolute atomic E-state index is 0.0821. The molecule has 256 valence electrons. The van der Waals surface area contributed by atoms with Crippen LogP contribution in [0.1, 0.15) is 54.7 Å². The summed E-state index contributed by atoms with van der Waals surface area (Å²) in [7, 11) is 0. The van der Waals surface area contributed by atoms with E-state index in [4.69, 9.17) is 9.47 Å². The van der Waals surface area contributed by atoms with Gasteiger partial charge in [-0.2, -0.15) is 0 Å². The summed E-state index contributed by atoms with van der Waals surface area (Å²) in [5.74, 6) is 1.77. The van der Waals surface area contributed by atoms with E-state index in [9.17, 15) is 9.59 Å². The number of nitrogens with one attached hydrogen (secondary N) is 1. The molecule has 5 aromatic rings. The van der Waals surface area contributed by atoms with Crippen LogP contribution < -0.4 is 24.6 Å². The third-order valence-corrected chi connectivity index (χ3v) is 10.2. The molecule has 0 atom stereocenters. The van der Waals surface area contributed by atoms with Crippen LogP contribution in [0, 0.1) is 0 Å². The topological polar surface area (TPSA) is 74.4 Å². The Bertz CT molecular complexity index is 1980. The molecule has 8 nitrogen and oxygen atoms in total. The van der Waals surface area contributed by atoms with Gasteiger partial charge in [0.1, 0.15) is 22.8 Å². The fourth-order valence-electron chi connectivity index (χ4n) is 7.72. The number of hydrogen-bond acceptors (Lipinski definition) is 6. The first-order valence-electron chi connectivity index (χ1n) is 17.7. The minimum Gasteiger partial charge on any atom is -0.483 e. The van der Waals surface area contributed by atoms with Gasteiger partial charge in [-0.1, -0.05) is 66.7 Å². The van der Waals surface area contributed by atoms with Gasteiger partial charge in [-0.05, 0) is 62.9 Å². The molecule has 50 heavy (non-hydrogen) atoms. The third-order valence-electron chi connectivity index (χ3n) is 10.2. The molecule has 8 heteroatoms. The summed E-state index contributed by atoms with van der Waals surface area (Å²) in [6.07, 6.45) is 0. The molecule has 5 aromatic carbocycles. The summed E-state index contributed by atoms with van der Waals surface area (Å²) in [5.41, 5.74) is 4.54. The second-order valence-electron chi connectivity index (χ2n) is 12.6. The maximum atomic E-state index is 14.5. The van der Waals surface area contributed by atoms with Crippen LogP contribution in [0.15, 0.2) is 103 Å². The van der Waals surface area contributed by atoms with Crippen molar-refractivity contribution in [3.8, 4) is 17.2 Å². The van der Waals surface area contributed by atoms with Gasteiger partial charge in [-0.25, -0.2) is 0 Å². The van der Waals surface area contributed by atoms with E-state index >= 15 is 0 Å². The van der Waals surface area contributed by atoms with Crippen LogP contribution >= 0.6 is 0 Å². The molecule has 2 heterocycles. The van der Waals surface area contributed by atoms with Crippen molar-refractivity contribution in [3.05, 3.63) is 125 Å². The zero-order chi connectivity index (χ0) is 34.8. The lowest BCUT2D eigenvalue weighted by Gasteiger charge is -2.45. The van der Waals surface area contributed by atoms with Gasteiger partial charge in [0.15, 0.2) is 6.61 Å². The van der Waals surface area contributed by atoms with Gasteiger partial charge in [0.2, 0.25) is 0 Å². The molecule has 2 amide bonds. The van der Waals surface area contributed by atoms with Crippen LogP contribution in [-0.2, 0) is 10.3 Å². The van der Waals surface area contributed by atoms with E-state index in [1.54, 1.807) is 0 Å². The van der Waals surface area contributed by atoms with Crippen molar-refractivity contribution in [3.63, 3.8) is 0 Å². The Morgan fingerprint density at radius 2 is 1.34 bits per heavy atom. The van der Waals surface area contributed by atoms with E-state index in [-0.39, 0.29) is 31.5 Å². The van der Waals surface area contributed by atoms with Crippen LogP contribution in [-0.4, -0.2) is 62.6 Å². The molecule has 0 saturated carbocycles. The van der Waals surface area contributed by atoms with Crippen LogP contribution in [0.2, 0.25) is 0 Å². The lowest BCUT2D eigenvalue weighted by molar-refractivity contribution is -0.123. The molecular formula is C42H44N4O4. The Labute approximate surface area is 294 Å². The third kappa shape index (κ3) is 5.49. The van der Waals surface area contributed by atoms with Crippen molar-refractivity contribution in [2.24, 2.45) is 0 Å². The summed E-state index contributed by atoms with van der Waals surface area (Å²) in [5, 5.41) is 5.02. The fourth-order valence-corrected chi connectivity index (χ4v) is 7.72. The number of fused-ring (bicyclic) bond motifs is 7. The molecule has 0 fully saturated rings. The van der Waals surface area contributed by atoms with Crippen molar-refractivity contribution < 1.29 is 19.1 Å². The second-order valence-corrected chi connectivity index (χ2v) is 12.6. The summed E-state index contributed by atoms with van der Waals surface area (Å²) in [6.45, 7) is 12.4. The minimum atomic E-state index is -0.954. The zero-order valence-corrected chi connectivity index (χ0v) is 29.2. The number of rotatable bonds is 12. The van der Waals surface area contributed by atoms with Crippen LogP contribution in [0.3, 0.4) is 0 Å². The Kier molecular flexibility index (Phi) is 9.10. The van der Waals surface area contributed by atoms with Crippen molar-refractivity contribution in [2.45, 2.75) is 33.2 Å². The quantitative estimate of drug-likeness (QED) is 0.148. The molecule has 1 spiro atoms. The highest BCUT2D eigenvalue weighted by Crippen LogP contribution is 2.58. The molecule has 0 unspecified atom stereocenters. The van der Waals surface area contributed by atoms with E-state index in [1.165, 1.54) is 0 Å². The first-order valence-corrected chi connectivity index (χ1v) is 17.7. The highest BCUT2D eigenvalue weighted by atomic mass is 16.5. The van der Waals surface area contributed by atoms with Crippen LogP contribution in [0.5, 0.6) is 17.2 Å². The molecule has 0 saturated heterocycles. The Hall–Kier alpha value is -5.50. The molecule has 2 aliphatic heterocycles. The Balaban J connectivity index is 1.25.